The molecular weight excluding hydrogens is 421 g/mol. The Kier molecular flexibility index (Phi) is 6.03. The highest BCUT2D eigenvalue weighted by molar-refractivity contribution is 5.97. The molecule has 2 heterocycles. The third-order valence-electron chi connectivity index (χ3n) is 5.35. The van der Waals surface area contributed by atoms with Gasteiger partial charge in [-0.25, -0.2) is 9.78 Å². The minimum atomic E-state index is -4.44. The van der Waals surface area contributed by atoms with Crippen molar-refractivity contribution in [2.24, 2.45) is 0 Å². The fourth-order valence-electron chi connectivity index (χ4n) is 3.73. The van der Waals surface area contributed by atoms with Crippen LogP contribution in [-0.4, -0.2) is 37.3 Å². The van der Waals surface area contributed by atoms with Crippen molar-refractivity contribution in [1.29, 1.82) is 0 Å². The van der Waals surface area contributed by atoms with Crippen molar-refractivity contribution in [1.82, 2.24) is 4.98 Å². The molecule has 0 saturated carbocycles. The highest BCUT2D eigenvalue weighted by Crippen LogP contribution is 2.32. The minimum Gasteiger partial charge on any atom is -0.472 e. The van der Waals surface area contributed by atoms with E-state index in [4.69, 9.17) is 9.47 Å². The fourth-order valence-corrected chi connectivity index (χ4v) is 3.73. The number of esters is 1. The number of hydrogen-bond donors (Lipinski definition) is 0. The summed E-state index contributed by atoms with van der Waals surface area (Å²) in [4.78, 5) is 18.3. The number of nitrogens with zero attached hydrogens (tertiary/aromatic N) is 2. The van der Waals surface area contributed by atoms with E-state index < -0.39 is 17.7 Å². The van der Waals surface area contributed by atoms with Gasteiger partial charge in [-0.15, -0.1) is 0 Å². The van der Waals surface area contributed by atoms with Gasteiger partial charge in [0.15, 0.2) is 0 Å². The van der Waals surface area contributed by atoms with Crippen molar-refractivity contribution < 1.29 is 27.4 Å². The Balaban J connectivity index is 1.51. The monoisotopic (exact) mass is 442 g/mol. The molecule has 0 radical (unpaired) electrons. The lowest BCUT2D eigenvalue weighted by Crippen LogP contribution is -2.26. The van der Waals surface area contributed by atoms with Gasteiger partial charge in [0.1, 0.15) is 6.10 Å². The molecule has 4 rings (SSSR count). The highest BCUT2D eigenvalue weighted by atomic mass is 19.4. The highest BCUT2D eigenvalue weighted by Gasteiger charge is 2.31. The van der Waals surface area contributed by atoms with Gasteiger partial charge in [0, 0.05) is 25.2 Å². The zero-order valence-electron chi connectivity index (χ0n) is 17.3. The lowest BCUT2D eigenvalue weighted by molar-refractivity contribution is -0.137. The Morgan fingerprint density at radius 1 is 1.06 bits per heavy atom. The van der Waals surface area contributed by atoms with E-state index in [0.717, 1.165) is 29.1 Å². The van der Waals surface area contributed by atoms with Gasteiger partial charge in [0.2, 0.25) is 5.88 Å². The molecule has 0 bridgehead atoms. The zero-order chi connectivity index (χ0) is 22.7. The average Bonchev–Trinajstić information content (AvgIpc) is 3.26. The number of carbonyl (C=O) groups excluding carboxylic acids is 1. The summed E-state index contributed by atoms with van der Waals surface area (Å²) in [6.45, 7) is 1.09. The molecule has 8 heteroatoms. The summed E-state index contributed by atoms with van der Waals surface area (Å²) in [7, 11) is 1.34. The average molecular weight is 442 g/mol. The van der Waals surface area contributed by atoms with Gasteiger partial charge in [-0.05, 0) is 29.3 Å². The van der Waals surface area contributed by atoms with Crippen molar-refractivity contribution in [2.75, 3.05) is 25.1 Å². The number of ether oxygens (including phenoxy) is 2. The van der Waals surface area contributed by atoms with E-state index in [2.05, 4.69) is 4.98 Å². The number of carbonyl (C=O) groups is 1. The van der Waals surface area contributed by atoms with Crippen molar-refractivity contribution in [3.63, 3.8) is 0 Å². The summed E-state index contributed by atoms with van der Waals surface area (Å²) in [5, 5.41) is 0. The van der Waals surface area contributed by atoms with Crippen molar-refractivity contribution in [3.8, 4) is 17.0 Å². The number of anilines is 1. The first kappa shape index (κ1) is 21.7. The first-order valence-electron chi connectivity index (χ1n) is 10.1. The summed E-state index contributed by atoms with van der Waals surface area (Å²) in [5.74, 6) is -0.302. The molecule has 0 amide bonds. The van der Waals surface area contributed by atoms with Crippen molar-refractivity contribution >= 4 is 11.7 Å². The summed E-state index contributed by atoms with van der Waals surface area (Å²) in [5.41, 5.74) is 2.24. The standard InChI is InChI=1S/C24H21F3N2O3/c1-31-23(30)20-13-17(16-5-3-2-4-6-16)7-9-21(20)29-12-11-19(15-29)32-22-10-8-18(14-28-22)24(25,26)27/h2-10,13-14,19H,11-12,15H2,1H3. The van der Waals surface area contributed by atoms with Crippen LogP contribution >= 0.6 is 0 Å². The fraction of sp³-hybridized carbons (Fsp3) is 0.250. The topological polar surface area (TPSA) is 51.7 Å². The molecule has 1 saturated heterocycles. The zero-order valence-corrected chi connectivity index (χ0v) is 17.3. The van der Waals surface area contributed by atoms with Crippen LogP contribution in [0.5, 0.6) is 5.88 Å². The summed E-state index contributed by atoms with van der Waals surface area (Å²) < 4.78 is 48.9. The van der Waals surface area contributed by atoms with Gasteiger partial charge in [-0.1, -0.05) is 36.4 Å². The van der Waals surface area contributed by atoms with Crippen LogP contribution < -0.4 is 9.64 Å². The summed E-state index contributed by atoms with van der Waals surface area (Å²) in [6.07, 6.45) is -3.30. The third kappa shape index (κ3) is 4.69. The SMILES string of the molecule is COC(=O)c1cc(-c2ccccc2)ccc1N1CCC(Oc2ccc(C(F)(F)F)cn2)C1. The maximum Gasteiger partial charge on any atom is 0.417 e. The van der Waals surface area contributed by atoms with Crippen molar-refractivity contribution in [2.45, 2.75) is 18.7 Å². The molecule has 0 spiro atoms. The van der Waals surface area contributed by atoms with Gasteiger partial charge in [0.05, 0.1) is 30.5 Å². The molecule has 166 valence electrons. The van der Waals surface area contributed by atoms with Crippen LogP contribution in [0.3, 0.4) is 0 Å². The Hall–Kier alpha value is -3.55. The van der Waals surface area contributed by atoms with Crippen molar-refractivity contribution in [3.05, 3.63) is 78.0 Å². The number of methoxy groups -OCH3 is 1. The largest absolute Gasteiger partial charge is 0.472 e. The summed E-state index contributed by atoms with van der Waals surface area (Å²) in [6, 6.07) is 17.5. The van der Waals surface area contributed by atoms with Gasteiger partial charge in [-0.2, -0.15) is 13.2 Å². The molecule has 1 aliphatic rings. The summed E-state index contributed by atoms with van der Waals surface area (Å²) >= 11 is 0. The number of benzene rings is 2. The molecule has 1 fully saturated rings. The van der Waals surface area contributed by atoms with Crippen LogP contribution in [0.2, 0.25) is 0 Å². The lowest BCUT2D eigenvalue weighted by Gasteiger charge is -2.22. The quantitative estimate of drug-likeness (QED) is 0.508. The molecule has 0 aliphatic carbocycles. The molecule has 1 aliphatic heterocycles. The molecule has 2 aromatic carbocycles. The predicted molar refractivity (Wildman–Crippen MR) is 114 cm³/mol. The number of halogens is 3. The number of rotatable bonds is 5. The normalized spacial score (nSPS) is 16.1. The van der Waals surface area contributed by atoms with Crippen LogP contribution in [0.25, 0.3) is 11.1 Å². The Morgan fingerprint density at radius 2 is 1.84 bits per heavy atom. The first-order chi connectivity index (χ1) is 15.3. The Bertz CT molecular complexity index is 1090. The number of hydrogen-bond acceptors (Lipinski definition) is 5. The van der Waals surface area contributed by atoms with Gasteiger partial charge in [-0.3, -0.25) is 0 Å². The second-order valence-electron chi connectivity index (χ2n) is 7.45. The van der Waals surface area contributed by atoms with E-state index in [1.54, 1.807) is 0 Å². The Labute approximate surface area is 183 Å². The van der Waals surface area contributed by atoms with E-state index >= 15 is 0 Å². The second kappa shape index (κ2) is 8.90. The second-order valence-corrected chi connectivity index (χ2v) is 7.45. The van der Waals surface area contributed by atoms with E-state index in [1.165, 1.54) is 13.2 Å². The van der Waals surface area contributed by atoms with Gasteiger partial charge >= 0.3 is 12.1 Å². The maximum absolute atomic E-state index is 12.7. The number of pyridine rings is 1. The molecule has 1 unspecified atom stereocenters. The van der Waals surface area contributed by atoms with Crippen LogP contribution in [-0.2, 0) is 10.9 Å². The van der Waals surface area contributed by atoms with Crippen LogP contribution in [0.4, 0.5) is 18.9 Å². The van der Waals surface area contributed by atoms with Crippen LogP contribution in [0.1, 0.15) is 22.3 Å². The van der Waals surface area contributed by atoms with E-state index in [1.807, 2.05) is 53.4 Å². The Morgan fingerprint density at radius 3 is 2.50 bits per heavy atom. The van der Waals surface area contributed by atoms with E-state index in [-0.39, 0.29) is 12.0 Å². The molecular formula is C24H21F3N2O3. The predicted octanol–water partition coefficient (Wildman–Crippen LogP) is 5.21. The number of alkyl halides is 3. The van der Waals surface area contributed by atoms with Crippen LogP contribution in [0.15, 0.2) is 66.9 Å². The van der Waals surface area contributed by atoms with E-state index in [0.29, 0.717) is 25.1 Å². The molecule has 3 aromatic rings. The lowest BCUT2D eigenvalue weighted by atomic mass is 10.0. The molecule has 5 nitrogen and oxygen atoms in total. The molecule has 0 N–H and O–H groups in total. The maximum atomic E-state index is 12.7. The van der Waals surface area contributed by atoms with Crippen LogP contribution in [0, 0.1) is 0 Å². The smallest absolute Gasteiger partial charge is 0.417 e. The molecule has 1 aromatic heterocycles. The van der Waals surface area contributed by atoms with Gasteiger partial charge in [0.25, 0.3) is 0 Å². The molecule has 32 heavy (non-hydrogen) atoms. The van der Waals surface area contributed by atoms with Gasteiger partial charge < -0.3 is 14.4 Å². The van der Waals surface area contributed by atoms with E-state index in [9.17, 15) is 18.0 Å². The number of aromatic nitrogens is 1. The first-order valence-corrected chi connectivity index (χ1v) is 10.1. The third-order valence-corrected chi connectivity index (χ3v) is 5.35. The molecule has 1 atom stereocenters. The minimum absolute atomic E-state index is 0.137.